The maximum Gasteiger partial charge on any atom is 0.273 e. The minimum atomic E-state index is -0.172. The lowest BCUT2D eigenvalue weighted by atomic mass is 10.1. The summed E-state index contributed by atoms with van der Waals surface area (Å²) in [4.78, 5) is 12.8. The van der Waals surface area contributed by atoms with Gasteiger partial charge in [-0.15, -0.1) is 5.10 Å². The molecule has 0 atom stereocenters. The molecular weight excluding hydrogens is 246 g/mol. The van der Waals surface area contributed by atoms with Crippen LogP contribution >= 0.6 is 11.5 Å². The zero-order valence-corrected chi connectivity index (χ0v) is 11.4. The highest BCUT2D eigenvalue weighted by Crippen LogP contribution is 2.26. The van der Waals surface area contributed by atoms with Gasteiger partial charge < -0.3 is 5.32 Å². The molecule has 0 saturated carbocycles. The van der Waals surface area contributed by atoms with Crippen molar-refractivity contribution in [2.75, 3.05) is 0 Å². The number of nitrogens with one attached hydrogen (secondary N) is 1. The molecule has 18 heavy (non-hydrogen) atoms. The summed E-state index contributed by atoms with van der Waals surface area (Å²) in [5, 5.41) is 6.76. The predicted octanol–water partition coefficient (Wildman–Crippen LogP) is 2.65. The second-order valence-electron chi connectivity index (χ2n) is 4.44. The molecule has 1 N–H and O–H groups in total. The Hall–Kier alpha value is -1.75. The Morgan fingerprint density at radius 2 is 1.94 bits per heavy atom. The van der Waals surface area contributed by atoms with Crippen LogP contribution in [0.2, 0.25) is 0 Å². The topological polar surface area (TPSA) is 54.9 Å². The van der Waals surface area contributed by atoms with E-state index in [0.717, 1.165) is 10.4 Å². The molecule has 0 aliphatic heterocycles. The van der Waals surface area contributed by atoms with Crippen LogP contribution in [0.1, 0.15) is 29.9 Å². The van der Waals surface area contributed by atoms with Gasteiger partial charge in [0.05, 0.1) is 4.88 Å². The Labute approximate surface area is 110 Å². The second kappa shape index (κ2) is 5.27. The van der Waals surface area contributed by atoms with Crippen molar-refractivity contribution in [2.24, 2.45) is 0 Å². The average Bonchev–Trinajstić information content (AvgIpc) is 2.78. The molecule has 0 aliphatic rings. The second-order valence-corrected chi connectivity index (χ2v) is 5.20. The van der Waals surface area contributed by atoms with Gasteiger partial charge in [-0.1, -0.05) is 34.3 Å². The van der Waals surface area contributed by atoms with E-state index in [1.54, 1.807) is 0 Å². The van der Waals surface area contributed by atoms with Gasteiger partial charge in [0.1, 0.15) is 0 Å². The zero-order valence-electron chi connectivity index (χ0n) is 10.6. The number of carbonyl (C=O) groups is 1. The molecular formula is C13H15N3OS. The van der Waals surface area contributed by atoms with Crippen LogP contribution in [0.4, 0.5) is 0 Å². The minimum Gasteiger partial charge on any atom is -0.348 e. The fraction of sp³-hybridized carbons (Fsp3) is 0.308. The summed E-state index contributed by atoms with van der Waals surface area (Å²) in [5.74, 6) is -0.172. The van der Waals surface area contributed by atoms with Crippen LogP contribution < -0.4 is 5.32 Å². The average molecular weight is 261 g/mol. The Balaban J connectivity index is 2.33. The van der Waals surface area contributed by atoms with E-state index in [4.69, 9.17) is 0 Å². The SMILES string of the molecule is Cc1ccc(-c2snnc2C(=O)NC(C)C)cc1. The molecule has 1 amide bonds. The van der Waals surface area contributed by atoms with Crippen molar-refractivity contribution >= 4 is 17.4 Å². The van der Waals surface area contributed by atoms with Crippen molar-refractivity contribution in [2.45, 2.75) is 26.8 Å². The minimum absolute atomic E-state index is 0.0880. The van der Waals surface area contributed by atoms with Gasteiger partial charge in [-0.2, -0.15) is 0 Å². The molecule has 94 valence electrons. The first kappa shape index (κ1) is 12.7. The lowest BCUT2D eigenvalue weighted by Crippen LogP contribution is -2.30. The maximum absolute atomic E-state index is 12.0. The number of amides is 1. The standard InChI is InChI=1S/C13H15N3OS/c1-8(2)14-13(17)11-12(18-16-15-11)10-6-4-9(3)5-7-10/h4-8H,1-3H3,(H,14,17). The lowest BCUT2D eigenvalue weighted by molar-refractivity contribution is 0.0938. The van der Waals surface area contributed by atoms with Crippen LogP contribution in [-0.2, 0) is 0 Å². The fourth-order valence-electron chi connectivity index (χ4n) is 1.56. The van der Waals surface area contributed by atoms with Gasteiger partial charge in [-0.3, -0.25) is 4.79 Å². The summed E-state index contributed by atoms with van der Waals surface area (Å²) in [6, 6.07) is 8.08. The number of rotatable bonds is 3. The summed E-state index contributed by atoms with van der Waals surface area (Å²) in [6.07, 6.45) is 0. The van der Waals surface area contributed by atoms with E-state index in [9.17, 15) is 4.79 Å². The maximum atomic E-state index is 12.0. The molecule has 4 nitrogen and oxygen atoms in total. The van der Waals surface area contributed by atoms with Crippen molar-refractivity contribution in [3.05, 3.63) is 35.5 Å². The van der Waals surface area contributed by atoms with E-state index in [-0.39, 0.29) is 11.9 Å². The van der Waals surface area contributed by atoms with Gasteiger partial charge in [0.15, 0.2) is 5.69 Å². The van der Waals surface area contributed by atoms with E-state index >= 15 is 0 Å². The third-order valence-electron chi connectivity index (χ3n) is 2.44. The molecule has 0 fully saturated rings. The van der Waals surface area contributed by atoms with Gasteiger partial charge in [-0.25, -0.2) is 0 Å². The van der Waals surface area contributed by atoms with Crippen molar-refractivity contribution in [3.63, 3.8) is 0 Å². The molecule has 0 bridgehead atoms. The van der Waals surface area contributed by atoms with Crippen molar-refractivity contribution in [1.82, 2.24) is 14.9 Å². The molecule has 1 aromatic heterocycles. The quantitative estimate of drug-likeness (QED) is 0.924. The number of carbonyl (C=O) groups excluding carboxylic acids is 1. The van der Waals surface area contributed by atoms with Gasteiger partial charge in [0, 0.05) is 6.04 Å². The number of aryl methyl sites for hydroxylation is 1. The number of hydrogen-bond acceptors (Lipinski definition) is 4. The Morgan fingerprint density at radius 3 is 2.56 bits per heavy atom. The molecule has 2 aromatic rings. The van der Waals surface area contributed by atoms with Crippen LogP contribution in [0.15, 0.2) is 24.3 Å². The molecule has 0 spiro atoms. The summed E-state index contributed by atoms with van der Waals surface area (Å²) in [5.41, 5.74) is 2.56. The third-order valence-corrected chi connectivity index (χ3v) is 3.21. The first-order valence-corrected chi connectivity index (χ1v) is 6.55. The van der Waals surface area contributed by atoms with E-state index in [1.807, 2.05) is 45.0 Å². The molecule has 1 heterocycles. The van der Waals surface area contributed by atoms with Crippen LogP contribution in [0.25, 0.3) is 10.4 Å². The number of nitrogens with zero attached hydrogens (tertiary/aromatic N) is 2. The van der Waals surface area contributed by atoms with Gasteiger partial charge in [-0.05, 0) is 37.9 Å². The summed E-state index contributed by atoms with van der Waals surface area (Å²) >= 11 is 1.24. The lowest BCUT2D eigenvalue weighted by Gasteiger charge is -2.07. The third kappa shape index (κ3) is 2.73. The van der Waals surface area contributed by atoms with Gasteiger partial charge in [0.2, 0.25) is 0 Å². The number of benzene rings is 1. The normalized spacial score (nSPS) is 10.7. The van der Waals surface area contributed by atoms with E-state index < -0.39 is 0 Å². The van der Waals surface area contributed by atoms with Crippen molar-refractivity contribution in [3.8, 4) is 10.4 Å². The fourth-order valence-corrected chi connectivity index (χ4v) is 2.23. The summed E-state index contributed by atoms with van der Waals surface area (Å²) in [7, 11) is 0. The van der Waals surface area contributed by atoms with Gasteiger partial charge in [0.25, 0.3) is 5.91 Å². The van der Waals surface area contributed by atoms with Crippen LogP contribution in [-0.4, -0.2) is 21.5 Å². The molecule has 2 rings (SSSR count). The van der Waals surface area contributed by atoms with Gasteiger partial charge >= 0.3 is 0 Å². The summed E-state index contributed by atoms with van der Waals surface area (Å²) in [6.45, 7) is 5.87. The Kier molecular flexibility index (Phi) is 3.72. The number of hydrogen-bond donors (Lipinski definition) is 1. The van der Waals surface area contributed by atoms with Crippen molar-refractivity contribution < 1.29 is 4.79 Å². The summed E-state index contributed by atoms with van der Waals surface area (Å²) < 4.78 is 3.88. The molecule has 5 heteroatoms. The highest BCUT2D eigenvalue weighted by Gasteiger charge is 2.18. The molecule has 0 radical (unpaired) electrons. The smallest absolute Gasteiger partial charge is 0.273 e. The highest BCUT2D eigenvalue weighted by atomic mass is 32.1. The molecule has 1 aromatic carbocycles. The largest absolute Gasteiger partial charge is 0.348 e. The van der Waals surface area contributed by atoms with E-state index in [0.29, 0.717) is 5.69 Å². The number of aromatic nitrogens is 2. The predicted molar refractivity (Wildman–Crippen MR) is 72.7 cm³/mol. The first-order valence-electron chi connectivity index (χ1n) is 5.78. The monoisotopic (exact) mass is 261 g/mol. The van der Waals surface area contributed by atoms with Crippen LogP contribution in [0, 0.1) is 6.92 Å². The van der Waals surface area contributed by atoms with E-state index in [2.05, 4.69) is 14.9 Å². The highest BCUT2D eigenvalue weighted by molar-refractivity contribution is 7.09. The first-order chi connectivity index (χ1) is 8.58. The Morgan fingerprint density at radius 1 is 1.28 bits per heavy atom. The van der Waals surface area contributed by atoms with Crippen LogP contribution in [0.5, 0.6) is 0 Å². The van der Waals surface area contributed by atoms with Crippen molar-refractivity contribution in [1.29, 1.82) is 0 Å². The molecule has 0 aliphatic carbocycles. The molecule has 0 saturated heterocycles. The Bertz CT molecular complexity index is 546. The van der Waals surface area contributed by atoms with E-state index in [1.165, 1.54) is 17.1 Å². The van der Waals surface area contributed by atoms with Crippen LogP contribution in [0.3, 0.4) is 0 Å². The molecule has 0 unspecified atom stereocenters. The zero-order chi connectivity index (χ0) is 13.1.